The predicted octanol–water partition coefficient (Wildman–Crippen LogP) is 4.35. The summed E-state index contributed by atoms with van der Waals surface area (Å²) in [5, 5.41) is 4.45. The molecule has 1 aromatic carbocycles. The Labute approximate surface area is 109 Å². The second-order valence-corrected chi connectivity index (χ2v) is 5.21. The van der Waals surface area contributed by atoms with Crippen molar-refractivity contribution >= 4 is 11.6 Å². The van der Waals surface area contributed by atoms with Gasteiger partial charge in [0.2, 0.25) is 0 Å². The fraction of sp³-hybridized carbons (Fsp3) is 0.467. The van der Waals surface area contributed by atoms with Crippen LogP contribution in [0.15, 0.2) is 36.4 Å². The van der Waals surface area contributed by atoms with Crippen molar-refractivity contribution in [2.75, 3.05) is 6.54 Å². The van der Waals surface area contributed by atoms with Crippen LogP contribution in [0, 0.1) is 5.92 Å². The lowest BCUT2D eigenvalue weighted by molar-refractivity contribution is 0.415. The fourth-order valence-electron chi connectivity index (χ4n) is 2.32. The highest BCUT2D eigenvalue weighted by molar-refractivity contribution is 6.31. The summed E-state index contributed by atoms with van der Waals surface area (Å²) in [5.41, 5.74) is 1.19. The van der Waals surface area contributed by atoms with Crippen LogP contribution >= 0.6 is 11.6 Å². The molecule has 0 spiro atoms. The van der Waals surface area contributed by atoms with Crippen molar-refractivity contribution < 1.29 is 0 Å². The number of halogens is 1. The Morgan fingerprint density at radius 2 is 2.18 bits per heavy atom. The van der Waals surface area contributed by atoms with E-state index in [9.17, 15) is 0 Å². The maximum atomic E-state index is 6.19. The zero-order valence-corrected chi connectivity index (χ0v) is 11.1. The Balaban J connectivity index is 1.87. The monoisotopic (exact) mass is 249 g/mol. The van der Waals surface area contributed by atoms with Crippen LogP contribution in [0.25, 0.3) is 0 Å². The van der Waals surface area contributed by atoms with E-state index in [1.807, 2.05) is 18.2 Å². The number of hydrogen-bond acceptors (Lipinski definition) is 1. The van der Waals surface area contributed by atoms with Gasteiger partial charge >= 0.3 is 0 Å². The van der Waals surface area contributed by atoms with Crippen LogP contribution in [0.5, 0.6) is 0 Å². The van der Waals surface area contributed by atoms with Gasteiger partial charge in [-0.25, -0.2) is 0 Å². The van der Waals surface area contributed by atoms with E-state index < -0.39 is 0 Å². The van der Waals surface area contributed by atoms with Gasteiger partial charge in [0, 0.05) is 11.1 Å². The van der Waals surface area contributed by atoms with E-state index in [0.29, 0.717) is 6.04 Å². The van der Waals surface area contributed by atoms with Crippen LogP contribution in [-0.4, -0.2) is 6.54 Å². The van der Waals surface area contributed by atoms with Gasteiger partial charge in [0.05, 0.1) is 0 Å². The molecule has 0 amide bonds. The molecular weight excluding hydrogens is 230 g/mol. The Kier molecular flexibility index (Phi) is 4.64. The highest BCUT2D eigenvalue weighted by Crippen LogP contribution is 2.23. The van der Waals surface area contributed by atoms with E-state index in [4.69, 9.17) is 11.6 Å². The third-order valence-corrected chi connectivity index (χ3v) is 3.81. The summed E-state index contributed by atoms with van der Waals surface area (Å²) < 4.78 is 0. The number of benzene rings is 1. The molecule has 0 aromatic heterocycles. The number of allylic oxidation sites excluding steroid dienone is 2. The quantitative estimate of drug-likeness (QED) is 0.783. The van der Waals surface area contributed by atoms with Crippen molar-refractivity contribution in [1.82, 2.24) is 5.32 Å². The minimum atomic E-state index is 0.328. The van der Waals surface area contributed by atoms with Crippen molar-refractivity contribution in [2.24, 2.45) is 5.92 Å². The zero-order chi connectivity index (χ0) is 12.1. The lowest BCUT2D eigenvalue weighted by atomic mass is 9.94. The molecule has 1 aliphatic rings. The number of nitrogens with one attached hydrogen (secondary N) is 1. The molecule has 0 radical (unpaired) electrons. The fourth-order valence-corrected chi connectivity index (χ4v) is 2.62. The Bertz CT molecular complexity index is 386. The second-order valence-electron chi connectivity index (χ2n) is 4.80. The van der Waals surface area contributed by atoms with Crippen molar-refractivity contribution in [1.29, 1.82) is 0 Å². The molecule has 1 aliphatic carbocycles. The first-order valence-corrected chi connectivity index (χ1v) is 6.78. The molecule has 0 bridgehead atoms. The van der Waals surface area contributed by atoms with Crippen molar-refractivity contribution in [2.45, 2.75) is 32.2 Å². The van der Waals surface area contributed by atoms with Crippen molar-refractivity contribution in [3.05, 3.63) is 47.0 Å². The Morgan fingerprint density at radius 1 is 1.35 bits per heavy atom. The third kappa shape index (κ3) is 3.58. The standard InChI is InChI=1S/C15H20ClN/c1-12(14-9-5-6-10-15(14)16)17-11-13-7-3-2-4-8-13/h2-3,5-6,9-10,12-13,17H,4,7-8,11H2,1H3/t12-,13?/m1/s1. The molecule has 1 N–H and O–H groups in total. The molecule has 1 nitrogen and oxygen atoms in total. The normalized spacial score (nSPS) is 21.4. The predicted molar refractivity (Wildman–Crippen MR) is 74.4 cm³/mol. The zero-order valence-electron chi connectivity index (χ0n) is 10.3. The summed E-state index contributed by atoms with van der Waals surface area (Å²) in [4.78, 5) is 0. The second kappa shape index (κ2) is 6.23. The van der Waals surface area contributed by atoms with Crippen LogP contribution in [-0.2, 0) is 0 Å². The lowest BCUT2D eigenvalue weighted by Crippen LogP contribution is -2.26. The van der Waals surface area contributed by atoms with Crippen LogP contribution in [0.1, 0.15) is 37.8 Å². The molecule has 1 unspecified atom stereocenters. The Hall–Kier alpha value is -0.790. The van der Waals surface area contributed by atoms with Crippen LogP contribution in [0.2, 0.25) is 5.02 Å². The molecular formula is C15H20ClN. The summed E-state index contributed by atoms with van der Waals surface area (Å²) in [7, 11) is 0. The minimum Gasteiger partial charge on any atom is -0.310 e. The van der Waals surface area contributed by atoms with E-state index in [2.05, 4.69) is 30.5 Å². The molecule has 0 heterocycles. The lowest BCUT2D eigenvalue weighted by Gasteiger charge is -2.22. The Morgan fingerprint density at radius 3 is 2.88 bits per heavy atom. The van der Waals surface area contributed by atoms with Gasteiger partial charge in [-0.15, -0.1) is 0 Å². The van der Waals surface area contributed by atoms with Gasteiger partial charge in [0.25, 0.3) is 0 Å². The summed E-state index contributed by atoms with van der Waals surface area (Å²) in [5.74, 6) is 0.782. The molecule has 92 valence electrons. The molecule has 2 heteroatoms. The van der Waals surface area contributed by atoms with Crippen LogP contribution in [0.3, 0.4) is 0 Å². The number of hydrogen-bond donors (Lipinski definition) is 1. The topological polar surface area (TPSA) is 12.0 Å². The average Bonchev–Trinajstić information content (AvgIpc) is 2.38. The van der Waals surface area contributed by atoms with Crippen LogP contribution < -0.4 is 5.32 Å². The summed E-state index contributed by atoms with van der Waals surface area (Å²) >= 11 is 6.19. The molecule has 2 atom stereocenters. The first-order valence-electron chi connectivity index (χ1n) is 6.40. The van der Waals surface area contributed by atoms with Gasteiger partial charge in [-0.1, -0.05) is 42.0 Å². The first-order chi connectivity index (χ1) is 8.27. The summed E-state index contributed by atoms with van der Waals surface area (Å²) in [6.45, 7) is 3.26. The molecule has 1 aromatic rings. The molecule has 2 rings (SSSR count). The van der Waals surface area contributed by atoms with Gasteiger partial charge < -0.3 is 5.32 Å². The third-order valence-electron chi connectivity index (χ3n) is 3.46. The largest absolute Gasteiger partial charge is 0.310 e. The molecule has 0 saturated heterocycles. The minimum absolute atomic E-state index is 0.328. The average molecular weight is 250 g/mol. The summed E-state index contributed by atoms with van der Waals surface area (Å²) in [6, 6.07) is 8.40. The summed E-state index contributed by atoms with van der Waals surface area (Å²) in [6.07, 6.45) is 8.33. The van der Waals surface area contributed by atoms with Crippen molar-refractivity contribution in [3.63, 3.8) is 0 Å². The van der Waals surface area contributed by atoms with Gasteiger partial charge in [0.15, 0.2) is 0 Å². The molecule has 0 saturated carbocycles. The molecule has 0 fully saturated rings. The molecule has 0 aliphatic heterocycles. The maximum absolute atomic E-state index is 6.19. The van der Waals surface area contributed by atoms with Crippen molar-refractivity contribution in [3.8, 4) is 0 Å². The SMILES string of the molecule is C[C@@H](NCC1CC=CCC1)c1ccccc1Cl. The van der Waals surface area contributed by atoms with E-state index in [1.165, 1.54) is 24.8 Å². The van der Waals surface area contributed by atoms with Gasteiger partial charge in [0.1, 0.15) is 0 Å². The highest BCUT2D eigenvalue weighted by atomic mass is 35.5. The van der Waals surface area contributed by atoms with Crippen LogP contribution in [0.4, 0.5) is 0 Å². The number of rotatable bonds is 4. The van der Waals surface area contributed by atoms with E-state index in [-0.39, 0.29) is 0 Å². The highest BCUT2D eigenvalue weighted by Gasteiger charge is 2.13. The van der Waals surface area contributed by atoms with E-state index in [1.54, 1.807) is 0 Å². The molecule has 17 heavy (non-hydrogen) atoms. The van der Waals surface area contributed by atoms with Gasteiger partial charge in [-0.2, -0.15) is 0 Å². The first kappa shape index (κ1) is 12.7. The van der Waals surface area contributed by atoms with E-state index in [0.717, 1.165) is 17.5 Å². The van der Waals surface area contributed by atoms with E-state index >= 15 is 0 Å². The smallest absolute Gasteiger partial charge is 0.0453 e. The van der Waals surface area contributed by atoms with Gasteiger partial charge in [-0.3, -0.25) is 0 Å². The maximum Gasteiger partial charge on any atom is 0.0453 e. The van der Waals surface area contributed by atoms with Gasteiger partial charge in [-0.05, 0) is 50.3 Å².